The Labute approximate surface area is 148 Å². The van der Waals surface area contributed by atoms with Gasteiger partial charge in [-0.05, 0) is 48.0 Å². The summed E-state index contributed by atoms with van der Waals surface area (Å²) in [7, 11) is 0. The molecule has 4 aliphatic rings. The molecule has 1 saturated heterocycles. The molecular formula is C16H19BrN4O3. The fraction of sp³-hybridized carbons (Fsp3) is 0.625. The summed E-state index contributed by atoms with van der Waals surface area (Å²) in [4.78, 5) is 34.1. The SMILES string of the molecule is O=C(NC12CC(C(=O)O)(C1)C2)N1CCC(c2ncc(Br)cn2)CC1. The van der Waals surface area contributed by atoms with Crippen LogP contribution in [0.25, 0.3) is 0 Å². The number of likely N-dealkylation sites (tertiary alicyclic amines) is 1. The molecule has 5 rings (SSSR count). The van der Waals surface area contributed by atoms with Gasteiger partial charge in [0, 0.05) is 36.9 Å². The second kappa shape index (κ2) is 5.40. The zero-order chi connectivity index (χ0) is 16.9. The minimum atomic E-state index is -0.728. The number of carboxylic acids is 1. The highest BCUT2D eigenvalue weighted by atomic mass is 79.9. The van der Waals surface area contributed by atoms with Gasteiger partial charge in [0.1, 0.15) is 5.82 Å². The Balaban J connectivity index is 1.28. The number of carbonyl (C=O) groups excluding carboxylic acids is 1. The van der Waals surface area contributed by atoms with Crippen LogP contribution in [0.2, 0.25) is 0 Å². The number of carbonyl (C=O) groups is 2. The molecule has 0 spiro atoms. The van der Waals surface area contributed by atoms with Crippen molar-refractivity contribution in [3.8, 4) is 0 Å². The van der Waals surface area contributed by atoms with Crippen molar-refractivity contribution >= 4 is 27.9 Å². The number of carboxylic acid groups (broad SMARTS) is 1. The first-order chi connectivity index (χ1) is 11.4. The summed E-state index contributed by atoms with van der Waals surface area (Å²) in [5.41, 5.74) is -0.819. The van der Waals surface area contributed by atoms with E-state index in [9.17, 15) is 9.59 Å². The van der Waals surface area contributed by atoms with Crippen molar-refractivity contribution in [1.29, 1.82) is 0 Å². The summed E-state index contributed by atoms with van der Waals surface area (Å²) in [6.45, 7) is 1.35. The molecule has 24 heavy (non-hydrogen) atoms. The number of aromatic nitrogens is 2. The van der Waals surface area contributed by atoms with Gasteiger partial charge in [-0.25, -0.2) is 14.8 Å². The molecule has 0 unspecified atom stereocenters. The zero-order valence-corrected chi connectivity index (χ0v) is 14.8. The van der Waals surface area contributed by atoms with Crippen LogP contribution in [0.5, 0.6) is 0 Å². The molecule has 1 aliphatic heterocycles. The first kappa shape index (κ1) is 15.8. The van der Waals surface area contributed by atoms with Crippen LogP contribution in [-0.4, -0.2) is 50.6 Å². The number of hydrogen-bond donors (Lipinski definition) is 2. The van der Waals surface area contributed by atoms with Crippen molar-refractivity contribution in [2.24, 2.45) is 5.41 Å². The van der Waals surface area contributed by atoms with E-state index in [-0.39, 0.29) is 17.5 Å². The molecule has 2 heterocycles. The Morgan fingerprint density at radius 2 is 1.79 bits per heavy atom. The summed E-state index contributed by atoms with van der Waals surface area (Å²) in [6.07, 6.45) is 6.92. The summed E-state index contributed by atoms with van der Waals surface area (Å²) < 4.78 is 0.862. The van der Waals surface area contributed by atoms with Crippen LogP contribution in [0.1, 0.15) is 43.8 Å². The van der Waals surface area contributed by atoms with Crippen LogP contribution in [0.15, 0.2) is 16.9 Å². The van der Waals surface area contributed by atoms with E-state index in [1.165, 1.54) is 0 Å². The van der Waals surface area contributed by atoms with Crippen LogP contribution in [0.4, 0.5) is 4.79 Å². The number of rotatable bonds is 3. The third kappa shape index (κ3) is 2.47. The third-order valence-electron chi connectivity index (χ3n) is 5.64. The Morgan fingerprint density at radius 3 is 2.33 bits per heavy atom. The zero-order valence-electron chi connectivity index (χ0n) is 13.2. The molecule has 0 aromatic carbocycles. The van der Waals surface area contributed by atoms with Crippen LogP contribution in [-0.2, 0) is 4.79 Å². The number of amides is 2. The first-order valence-electron chi connectivity index (χ1n) is 8.19. The largest absolute Gasteiger partial charge is 0.481 e. The lowest BCUT2D eigenvalue weighted by molar-refractivity contribution is -0.196. The lowest BCUT2D eigenvalue weighted by atomic mass is 9.39. The number of piperidine rings is 1. The third-order valence-corrected chi connectivity index (χ3v) is 6.05. The van der Waals surface area contributed by atoms with Gasteiger partial charge in [-0.1, -0.05) is 0 Å². The molecule has 2 amide bonds. The average Bonchev–Trinajstić information content (AvgIpc) is 2.50. The first-order valence-corrected chi connectivity index (χ1v) is 8.99. The predicted molar refractivity (Wildman–Crippen MR) is 88.5 cm³/mol. The van der Waals surface area contributed by atoms with E-state index >= 15 is 0 Å². The van der Waals surface area contributed by atoms with Crippen LogP contribution >= 0.6 is 15.9 Å². The molecule has 3 saturated carbocycles. The van der Waals surface area contributed by atoms with Crippen LogP contribution < -0.4 is 5.32 Å². The molecule has 0 radical (unpaired) electrons. The highest BCUT2D eigenvalue weighted by molar-refractivity contribution is 9.10. The van der Waals surface area contributed by atoms with Crippen LogP contribution in [0, 0.1) is 5.41 Å². The molecule has 4 fully saturated rings. The number of halogens is 1. The van der Waals surface area contributed by atoms with Gasteiger partial charge >= 0.3 is 12.0 Å². The van der Waals surface area contributed by atoms with Crippen molar-refractivity contribution < 1.29 is 14.7 Å². The molecule has 2 N–H and O–H groups in total. The van der Waals surface area contributed by atoms with E-state index in [0.717, 1.165) is 23.1 Å². The topological polar surface area (TPSA) is 95.4 Å². The summed E-state index contributed by atoms with van der Waals surface area (Å²) >= 11 is 3.33. The Bertz CT molecular complexity index is 665. The lowest BCUT2D eigenvalue weighted by Gasteiger charge is -2.68. The van der Waals surface area contributed by atoms with Gasteiger partial charge in [0.05, 0.1) is 9.89 Å². The number of nitrogens with one attached hydrogen (secondary N) is 1. The average molecular weight is 395 g/mol. The fourth-order valence-corrected chi connectivity index (χ4v) is 4.53. The van der Waals surface area contributed by atoms with Gasteiger partial charge in [-0.2, -0.15) is 0 Å². The Kier molecular flexibility index (Phi) is 3.56. The molecule has 1 aromatic rings. The fourth-order valence-electron chi connectivity index (χ4n) is 4.33. The van der Waals surface area contributed by atoms with Gasteiger partial charge in [0.15, 0.2) is 0 Å². The smallest absolute Gasteiger partial charge is 0.317 e. The van der Waals surface area contributed by atoms with Crippen molar-refractivity contribution in [2.45, 2.75) is 43.6 Å². The minimum absolute atomic E-state index is 0.0659. The van der Waals surface area contributed by atoms with Gasteiger partial charge in [0.25, 0.3) is 0 Å². The monoisotopic (exact) mass is 394 g/mol. The molecule has 8 heteroatoms. The molecule has 7 nitrogen and oxygen atoms in total. The van der Waals surface area contributed by atoms with Gasteiger partial charge in [-0.15, -0.1) is 0 Å². The molecule has 1 aromatic heterocycles. The number of urea groups is 1. The van der Waals surface area contributed by atoms with Gasteiger partial charge < -0.3 is 15.3 Å². The van der Waals surface area contributed by atoms with E-state index in [0.29, 0.717) is 32.4 Å². The lowest BCUT2D eigenvalue weighted by Crippen LogP contribution is -2.77. The summed E-state index contributed by atoms with van der Waals surface area (Å²) in [5.74, 6) is 0.391. The number of nitrogens with zero attached hydrogens (tertiary/aromatic N) is 3. The van der Waals surface area contributed by atoms with Gasteiger partial charge in [0.2, 0.25) is 0 Å². The van der Waals surface area contributed by atoms with Crippen molar-refractivity contribution in [3.63, 3.8) is 0 Å². The van der Waals surface area contributed by atoms with Crippen molar-refractivity contribution in [2.75, 3.05) is 13.1 Å². The highest BCUT2D eigenvalue weighted by Crippen LogP contribution is 2.67. The van der Waals surface area contributed by atoms with Crippen molar-refractivity contribution in [3.05, 3.63) is 22.7 Å². The number of aliphatic carboxylic acids is 1. The van der Waals surface area contributed by atoms with Crippen molar-refractivity contribution in [1.82, 2.24) is 20.2 Å². The second-order valence-corrected chi connectivity index (χ2v) is 8.26. The maximum absolute atomic E-state index is 12.4. The second-order valence-electron chi connectivity index (χ2n) is 7.35. The Morgan fingerprint density at radius 1 is 1.21 bits per heavy atom. The van der Waals surface area contributed by atoms with Crippen LogP contribution in [0.3, 0.4) is 0 Å². The van der Waals surface area contributed by atoms with E-state index in [1.54, 1.807) is 12.4 Å². The standard InChI is InChI=1S/C16H19BrN4O3/c17-11-5-18-12(19-6-11)10-1-3-21(4-2-10)14(24)20-16-7-15(8-16,9-16)13(22)23/h5-6,10H,1-4,7-9H2,(H,20,24)(H,22,23). The highest BCUT2D eigenvalue weighted by Gasteiger charge is 2.72. The van der Waals surface area contributed by atoms with E-state index in [1.807, 2.05) is 4.90 Å². The molecule has 128 valence electrons. The molecule has 0 atom stereocenters. The van der Waals surface area contributed by atoms with E-state index < -0.39 is 11.4 Å². The maximum Gasteiger partial charge on any atom is 0.317 e. The maximum atomic E-state index is 12.4. The summed E-state index contributed by atoms with van der Waals surface area (Å²) in [6, 6.07) is -0.0659. The van der Waals surface area contributed by atoms with Gasteiger partial charge in [-0.3, -0.25) is 4.79 Å². The Hall–Kier alpha value is -1.70. The van der Waals surface area contributed by atoms with E-state index in [4.69, 9.17) is 5.11 Å². The summed E-state index contributed by atoms with van der Waals surface area (Å²) in [5, 5.41) is 12.2. The van der Waals surface area contributed by atoms with E-state index in [2.05, 4.69) is 31.2 Å². The molecule has 3 aliphatic carbocycles. The normalized spacial score (nSPS) is 31.8. The minimum Gasteiger partial charge on any atom is -0.481 e. The molecular weight excluding hydrogens is 376 g/mol. The quantitative estimate of drug-likeness (QED) is 0.818. The number of hydrogen-bond acceptors (Lipinski definition) is 4. The predicted octanol–water partition coefficient (Wildman–Crippen LogP) is 2.14. The molecule has 2 bridgehead atoms.